The highest BCUT2D eigenvalue weighted by molar-refractivity contribution is 5.74. The average Bonchev–Trinajstić information content (AvgIpc) is 2.38. The molecule has 0 aromatic heterocycles. The second kappa shape index (κ2) is 5.76. The summed E-state index contributed by atoms with van der Waals surface area (Å²) in [6.07, 6.45) is 0. The van der Waals surface area contributed by atoms with E-state index in [0.29, 0.717) is 0 Å². The highest BCUT2D eigenvalue weighted by Crippen LogP contribution is 2.32. The molecule has 0 aliphatic carbocycles. The van der Waals surface area contributed by atoms with Gasteiger partial charge in [0.25, 0.3) is 0 Å². The number of hydrogen-bond acceptors (Lipinski definition) is 3. The van der Waals surface area contributed by atoms with E-state index in [4.69, 9.17) is 10.5 Å². The first-order valence-corrected chi connectivity index (χ1v) is 6.27. The number of anilines is 1. The van der Waals surface area contributed by atoms with Crippen LogP contribution in [0.5, 0.6) is 5.75 Å². The summed E-state index contributed by atoms with van der Waals surface area (Å²) in [5.74, 6) is 0.844. The Morgan fingerprint density at radius 1 is 1.11 bits per heavy atom. The standard InChI is InChI=1S/C16H20N2O/c1-18(2)11-12-5-4-6-13(9-12)15-10-14(17)7-8-16(15)19-3/h4-10H,11,17H2,1-3H3. The Morgan fingerprint density at radius 3 is 2.58 bits per heavy atom. The van der Waals surface area contributed by atoms with E-state index in [1.165, 1.54) is 5.56 Å². The molecule has 2 N–H and O–H groups in total. The molecule has 2 rings (SSSR count). The van der Waals surface area contributed by atoms with Gasteiger partial charge in [-0.1, -0.05) is 18.2 Å². The molecule has 0 fully saturated rings. The van der Waals surface area contributed by atoms with Gasteiger partial charge in [0.15, 0.2) is 0 Å². The molecule has 0 bridgehead atoms. The second-order valence-electron chi connectivity index (χ2n) is 4.90. The van der Waals surface area contributed by atoms with E-state index in [-0.39, 0.29) is 0 Å². The maximum Gasteiger partial charge on any atom is 0.126 e. The van der Waals surface area contributed by atoms with Crippen molar-refractivity contribution in [3.05, 3.63) is 48.0 Å². The fraction of sp³-hybridized carbons (Fsp3) is 0.250. The lowest BCUT2D eigenvalue weighted by Crippen LogP contribution is -2.10. The number of nitrogens with zero attached hydrogens (tertiary/aromatic N) is 1. The third-order valence-corrected chi connectivity index (χ3v) is 2.96. The number of rotatable bonds is 4. The van der Waals surface area contributed by atoms with Crippen LogP contribution in [-0.4, -0.2) is 26.1 Å². The third kappa shape index (κ3) is 3.26. The smallest absolute Gasteiger partial charge is 0.126 e. The van der Waals surface area contributed by atoms with Crippen LogP contribution in [0.3, 0.4) is 0 Å². The summed E-state index contributed by atoms with van der Waals surface area (Å²) in [5.41, 5.74) is 10.0. The highest BCUT2D eigenvalue weighted by Gasteiger charge is 2.07. The van der Waals surface area contributed by atoms with Crippen LogP contribution in [0.4, 0.5) is 5.69 Å². The summed E-state index contributed by atoms with van der Waals surface area (Å²) >= 11 is 0. The molecule has 0 aliphatic heterocycles. The lowest BCUT2D eigenvalue weighted by Gasteiger charge is -2.13. The van der Waals surface area contributed by atoms with Gasteiger partial charge in [-0.2, -0.15) is 0 Å². The molecule has 0 saturated heterocycles. The van der Waals surface area contributed by atoms with Crippen LogP contribution < -0.4 is 10.5 Å². The predicted molar refractivity (Wildman–Crippen MR) is 80.2 cm³/mol. The predicted octanol–water partition coefficient (Wildman–Crippen LogP) is 3.01. The first-order chi connectivity index (χ1) is 9.10. The van der Waals surface area contributed by atoms with Gasteiger partial charge >= 0.3 is 0 Å². The molecule has 0 atom stereocenters. The SMILES string of the molecule is COc1ccc(N)cc1-c1cccc(CN(C)C)c1. The van der Waals surface area contributed by atoms with E-state index < -0.39 is 0 Å². The Morgan fingerprint density at radius 2 is 1.89 bits per heavy atom. The van der Waals surface area contributed by atoms with Crippen LogP contribution in [0, 0.1) is 0 Å². The number of methoxy groups -OCH3 is 1. The minimum Gasteiger partial charge on any atom is -0.496 e. The van der Waals surface area contributed by atoms with Crippen LogP contribution in [0.15, 0.2) is 42.5 Å². The van der Waals surface area contributed by atoms with E-state index in [2.05, 4.69) is 43.3 Å². The zero-order chi connectivity index (χ0) is 13.8. The number of benzene rings is 2. The Bertz CT molecular complexity index is 564. The van der Waals surface area contributed by atoms with Crippen molar-refractivity contribution in [1.29, 1.82) is 0 Å². The molecular weight excluding hydrogens is 236 g/mol. The van der Waals surface area contributed by atoms with Crippen molar-refractivity contribution in [2.45, 2.75) is 6.54 Å². The van der Waals surface area contributed by atoms with Crippen molar-refractivity contribution in [2.24, 2.45) is 0 Å². The van der Waals surface area contributed by atoms with Crippen molar-refractivity contribution in [2.75, 3.05) is 26.9 Å². The molecule has 3 nitrogen and oxygen atoms in total. The van der Waals surface area contributed by atoms with Crippen molar-refractivity contribution in [3.8, 4) is 16.9 Å². The fourth-order valence-corrected chi connectivity index (χ4v) is 2.15. The first-order valence-electron chi connectivity index (χ1n) is 6.27. The topological polar surface area (TPSA) is 38.5 Å². The molecule has 19 heavy (non-hydrogen) atoms. The molecule has 0 heterocycles. The molecule has 3 heteroatoms. The Hall–Kier alpha value is -2.00. The van der Waals surface area contributed by atoms with Gasteiger partial charge in [0.05, 0.1) is 7.11 Å². The van der Waals surface area contributed by atoms with Gasteiger partial charge in [0.2, 0.25) is 0 Å². The summed E-state index contributed by atoms with van der Waals surface area (Å²) in [6.45, 7) is 0.915. The zero-order valence-corrected chi connectivity index (χ0v) is 11.7. The van der Waals surface area contributed by atoms with Crippen molar-refractivity contribution >= 4 is 5.69 Å². The van der Waals surface area contributed by atoms with Crippen molar-refractivity contribution < 1.29 is 4.74 Å². The molecule has 100 valence electrons. The van der Waals surface area contributed by atoms with Gasteiger partial charge in [0, 0.05) is 17.8 Å². The number of hydrogen-bond donors (Lipinski definition) is 1. The Balaban J connectivity index is 2.43. The molecule has 0 saturated carbocycles. The quantitative estimate of drug-likeness (QED) is 0.855. The second-order valence-corrected chi connectivity index (χ2v) is 4.90. The van der Waals surface area contributed by atoms with Gasteiger partial charge in [-0.05, 0) is 49.5 Å². The van der Waals surface area contributed by atoms with Gasteiger partial charge < -0.3 is 15.4 Å². The van der Waals surface area contributed by atoms with E-state index in [1.54, 1.807) is 7.11 Å². The van der Waals surface area contributed by atoms with Gasteiger partial charge in [-0.15, -0.1) is 0 Å². The van der Waals surface area contributed by atoms with Crippen LogP contribution in [0.1, 0.15) is 5.56 Å². The van der Waals surface area contributed by atoms with Gasteiger partial charge in [-0.3, -0.25) is 0 Å². The molecular formula is C16H20N2O. The van der Waals surface area contributed by atoms with E-state index in [9.17, 15) is 0 Å². The van der Waals surface area contributed by atoms with E-state index >= 15 is 0 Å². The first kappa shape index (κ1) is 13.4. The largest absolute Gasteiger partial charge is 0.496 e. The molecule has 0 aliphatic rings. The highest BCUT2D eigenvalue weighted by atomic mass is 16.5. The van der Waals surface area contributed by atoms with Gasteiger partial charge in [-0.25, -0.2) is 0 Å². The minimum absolute atomic E-state index is 0.744. The maximum absolute atomic E-state index is 5.87. The summed E-state index contributed by atoms with van der Waals surface area (Å²) in [7, 11) is 5.81. The average molecular weight is 256 g/mol. The summed E-state index contributed by atoms with van der Waals surface area (Å²) in [5, 5.41) is 0. The van der Waals surface area contributed by atoms with E-state index in [1.807, 2.05) is 18.2 Å². The van der Waals surface area contributed by atoms with Crippen LogP contribution in [0.25, 0.3) is 11.1 Å². The number of nitrogens with two attached hydrogens (primary N) is 1. The maximum atomic E-state index is 5.87. The van der Waals surface area contributed by atoms with Gasteiger partial charge in [0.1, 0.15) is 5.75 Å². The molecule has 2 aromatic carbocycles. The summed E-state index contributed by atoms with van der Waals surface area (Å²) in [6, 6.07) is 14.2. The van der Waals surface area contributed by atoms with Crippen molar-refractivity contribution in [1.82, 2.24) is 4.90 Å². The minimum atomic E-state index is 0.744. The lowest BCUT2D eigenvalue weighted by molar-refractivity contribution is 0.402. The molecule has 2 aromatic rings. The zero-order valence-electron chi connectivity index (χ0n) is 11.7. The Kier molecular flexibility index (Phi) is 4.07. The monoisotopic (exact) mass is 256 g/mol. The van der Waals surface area contributed by atoms with Crippen LogP contribution in [0.2, 0.25) is 0 Å². The summed E-state index contributed by atoms with van der Waals surface area (Å²) in [4.78, 5) is 2.15. The van der Waals surface area contributed by atoms with Crippen LogP contribution in [-0.2, 0) is 6.54 Å². The molecule has 0 unspecified atom stereocenters. The van der Waals surface area contributed by atoms with Crippen molar-refractivity contribution in [3.63, 3.8) is 0 Å². The Labute approximate surface area is 114 Å². The fourth-order valence-electron chi connectivity index (χ4n) is 2.15. The number of ether oxygens (including phenoxy) is 1. The van der Waals surface area contributed by atoms with E-state index in [0.717, 1.165) is 29.1 Å². The molecule has 0 radical (unpaired) electrons. The lowest BCUT2D eigenvalue weighted by atomic mass is 10.0. The normalized spacial score (nSPS) is 10.7. The third-order valence-electron chi connectivity index (χ3n) is 2.96. The van der Waals surface area contributed by atoms with Crippen LogP contribution >= 0.6 is 0 Å². The molecule has 0 amide bonds. The molecule has 0 spiro atoms. The number of nitrogen functional groups attached to an aromatic ring is 1. The summed E-state index contributed by atoms with van der Waals surface area (Å²) < 4.78 is 5.41.